The lowest BCUT2D eigenvalue weighted by atomic mass is 9.47. The third kappa shape index (κ3) is 2.46. The summed E-state index contributed by atoms with van der Waals surface area (Å²) in [6.45, 7) is 6.77. The maximum atomic E-state index is 5.53. The van der Waals surface area contributed by atoms with Crippen molar-refractivity contribution in [1.29, 1.82) is 0 Å². The molecular formula is C18H29NO2. The Morgan fingerprint density at radius 1 is 0.905 bits per heavy atom. The van der Waals surface area contributed by atoms with Crippen LogP contribution in [0, 0.1) is 23.2 Å². The van der Waals surface area contributed by atoms with Crippen LogP contribution in [0.3, 0.4) is 0 Å². The Hall–Kier alpha value is -0.120. The average Bonchev–Trinajstić information content (AvgIpc) is 3.30. The molecule has 6 rings (SSSR count). The molecule has 2 heterocycles. The first kappa shape index (κ1) is 13.3. The van der Waals surface area contributed by atoms with Crippen LogP contribution in [0.5, 0.6) is 0 Å². The molecule has 4 saturated carbocycles. The molecule has 3 nitrogen and oxygen atoms in total. The van der Waals surface area contributed by atoms with Crippen LogP contribution in [0.4, 0.5) is 0 Å². The van der Waals surface area contributed by atoms with Crippen molar-refractivity contribution in [3.63, 3.8) is 0 Å². The normalized spacial score (nSPS) is 51.4. The van der Waals surface area contributed by atoms with Gasteiger partial charge in [0.1, 0.15) is 0 Å². The van der Waals surface area contributed by atoms with Crippen LogP contribution in [-0.4, -0.2) is 49.5 Å². The number of rotatable bonds is 6. The van der Waals surface area contributed by atoms with E-state index in [0.717, 1.165) is 50.1 Å². The summed E-state index contributed by atoms with van der Waals surface area (Å²) in [5.74, 6) is 3.15. The fourth-order valence-corrected chi connectivity index (χ4v) is 6.34. The second-order valence-corrected chi connectivity index (χ2v) is 8.82. The average molecular weight is 291 g/mol. The number of ether oxygens (including phenoxy) is 2. The van der Waals surface area contributed by atoms with Gasteiger partial charge < -0.3 is 9.47 Å². The van der Waals surface area contributed by atoms with Crippen LogP contribution in [0.25, 0.3) is 0 Å². The summed E-state index contributed by atoms with van der Waals surface area (Å²) in [6.07, 6.45) is 10.2. The van der Waals surface area contributed by atoms with E-state index in [4.69, 9.17) is 9.47 Å². The highest BCUT2D eigenvalue weighted by Gasteiger charge is 2.54. The van der Waals surface area contributed by atoms with Crippen LogP contribution in [0.1, 0.15) is 45.4 Å². The molecule has 3 atom stereocenters. The van der Waals surface area contributed by atoms with E-state index in [1.807, 2.05) is 0 Å². The molecule has 0 N–H and O–H groups in total. The van der Waals surface area contributed by atoms with Gasteiger partial charge in [0.2, 0.25) is 0 Å². The molecule has 118 valence electrons. The van der Waals surface area contributed by atoms with Crippen molar-refractivity contribution < 1.29 is 9.47 Å². The molecule has 3 heteroatoms. The van der Waals surface area contributed by atoms with Crippen LogP contribution in [0.15, 0.2) is 0 Å². The van der Waals surface area contributed by atoms with Crippen molar-refractivity contribution in [2.24, 2.45) is 23.2 Å². The van der Waals surface area contributed by atoms with E-state index < -0.39 is 0 Å². The maximum absolute atomic E-state index is 5.53. The monoisotopic (exact) mass is 291 g/mol. The van der Waals surface area contributed by atoms with Gasteiger partial charge in [-0.15, -0.1) is 0 Å². The molecular weight excluding hydrogens is 262 g/mol. The van der Waals surface area contributed by atoms with Crippen molar-refractivity contribution in [2.45, 2.75) is 63.7 Å². The molecule has 3 unspecified atom stereocenters. The van der Waals surface area contributed by atoms with Gasteiger partial charge in [0, 0.05) is 19.1 Å². The van der Waals surface area contributed by atoms with Crippen molar-refractivity contribution in [3.05, 3.63) is 0 Å². The molecule has 6 aliphatic rings. The standard InChI is InChI=1S/C18H29NO2/c1-12(19(8-16-10-20-16)9-17-11-21-17)18-5-13-2-14(6-18)4-15(3-13)7-18/h12-17H,2-11H2,1H3. The molecule has 21 heavy (non-hydrogen) atoms. The van der Waals surface area contributed by atoms with Gasteiger partial charge >= 0.3 is 0 Å². The zero-order valence-electron chi connectivity index (χ0n) is 13.3. The van der Waals surface area contributed by atoms with E-state index in [2.05, 4.69) is 11.8 Å². The predicted octanol–water partition coefficient (Wildman–Crippen LogP) is 2.69. The first-order valence-electron chi connectivity index (χ1n) is 9.17. The summed E-state index contributed by atoms with van der Waals surface area (Å²) in [5.41, 5.74) is 0.624. The van der Waals surface area contributed by atoms with Crippen molar-refractivity contribution in [1.82, 2.24) is 4.90 Å². The van der Waals surface area contributed by atoms with E-state index in [0.29, 0.717) is 17.6 Å². The number of epoxide rings is 2. The number of nitrogens with zero attached hydrogens (tertiary/aromatic N) is 1. The quantitative estimate of drug-likeness (QED) is 0.704. The topological polar surface area (TPSA) is 28.3 Å². The minimum absolute atomic E-state index is 0.514. The fraction of sp³-hybridized carbons (Fsp3) is 1.00. The molecule has 2 aliphatic heterocycles. The third-order valence-corrected chi connectivity index (χ3v) is 7.20. The van der Waals surface area contributed by atoms with E-state index in [-0.39, 0.29) is 0 Å². The molecule has 4 aliphatic carbocycles. The van der Waals surface area contributed by atoms with E-state index in [1.54, 1.807) is 19.3 Å². The Bertz CT molecular complexity index is 366. The van der Waals surface area contributed by atoms with Crippen LogP contribution >= 0.6 is 0 Å². The summed E-state index contributed by atoms with van der Waals surface area (Å²) in [7, 11) is 0. The predicted molar refractivity (Wildman–Crippen MR) is 81.1 cm³/mol. The lowest BCUT2D eigenvalue weighted by molar-refractivity contribution is -0.0979. The van der Waals surface area contributed by atoms with Gasteiger partial charge in [-0.25, -0.2) is 0 Å². The Labute approximate surface area is 128 Å². The van der Waals surface area contributed by atoms with Gasteiger partial charge in [0.15, 0.2) is 0 Å². The molecule has 2 saturated heterocycles. The fourth-order valence-electron chi connectivity index (χ4n) is 6.34. The molecule has 0 radical (unpaired) electrons. The van der Waals surface area contributed by atoms with Gasteiger partial charge in [0.25, 0.3) is 0 Å². The van der Waals surface area contributed by atoms with Crippen molar-refractivity contribution in [3.8, 4) is 0 Å². The first-order valence-corrected chi connectivity index (χ1v) is 9.17. The molecule has 4 bridgehead atoms. The Kier molecular flexibility index (Phi) is 2.98. The zero-order chi connectivity index (χ0) is 14.0. The maximum Gasteiger partial charge on any atom is 0.0936 e. The lowest BCUT2D eigenvalue weighted by Gasteiger charge is -2.60. The van der Waals surface area contributed by atoms with Crippen LogP contribution in [0.2, 0.25) is 0 Å². The summed E-state index contributed by atoms with van der Waals surface area (Å²) in [4.78, 5) is 2.74. The van der Waals surface area contributed by atoms with Crippen LogP contribution in [-0.2, 0) is 9.47 Å². The highest BCUT2D eigenvalue weighted by molar-refractivity contribution is 5.06. The van der Waals surface area contributed by atoms with E-state index in [1.165, 1.54) is 19.3 Å². The number of hydrogen-bond acceptors (Lipinski definition) is 3. The third-order valence-electron chi connectivity index (χ3n) is 7.20. The van der Waals surface area contributed by atoms with Crippen molar-refractivity contribution in [2.75, 3.05) is 26.3 Å². The zero-order valence-corrected chi connectivity index (χ0v) is 13.3. The second kappa shape index (κ2) is 4.69. The minimum atomic E-state index is 0.514. The summed E-state index contributed by atoms with van der Waals surface area (Å²) >= 11 is 0. The highest BCUT2D eigenvalue weighted by Crippen LogP contribution is 2.62. The van der Waals surface area contributed by atoms with Gasteiger partial charge in [-0.1, -0.05) is 0 Å². The smallest absolute Gasteiger partial charge is 0.0936 e. The van der Waals surface area contributed by atoms with E-state index >= 15 is 0 Å². The molecule has 0 amide bonds. The van der Waals surface area contributed by atoms with Crippen LogP contribution < -0.4 is 0 Å². The Morgan fingerprint density at radius 3 is 1.71 bits per heavy atom. The molecule has 0 aromatic heterocycles. The summed E-state index contributed by atoms with van der Waals surface area (Å²) in [6, 6.07) is 0.722. The minimum Gasteiger partial charge on any atom is -0.372 e. The lowest BCUT2D eigenvalue weighted by Crippen LogP contribution is -2.57. The summed E-state index contributed by atoms with van der Waals surface area (Å²) in [5, 5.41) is 0. The largest absolute Gasteiger partial charge is 0.372 e. The molecule has 0 aromatic carbocycles. The van der Waals surface area contributed by atoms with Gasteiger partial charge in [0.05, 0.1) is 25.4 Å². The second-order valence-electron chi connectivity index (χ2n) is 8.82. The Balaban J connectivity index is 1.36. The van der Waals surface area contributed by atoms with E-state index in [9.17, 15) is 0 Å². The Morgan fingerprint density at radius 2 is 1.33 bits per heavy atom. The summed E-state index contributed by atoms with van der Waals surface area (Å²) < 4.78 is 11.1. The van der Waals surface area contributed by atoms with Gasteiger partial charge in [-0.2, -0.15) is 0 Å². The number of hydrogen-bond donors (Lipinski definition) is 0. The van der Waals surface area contributed by atoms with Gasteiger partial charge in [-0.05, 0) is 68.6 Å². The molecule has 0 aromatic rings. The van der Waals surface area contributed by atoms with Gasteiger partial charge in [-0.3, -0.25) is 4.90 Å². The molecule has 0 spiro atoms. The molecule has 6 fully saturated rings. The highest BCUT2D eigenvalue weighted by atomic mass is 16.6. The SMILES string of the molecule is CC(N(CC1CO1)CC1CO1)C12CC3CC(CC(C3)C1)C2. The first-order chi connectivity index (χ1) is 10.2. The van der Waals surface area contributed by atoms with Crippen molar-refractivity contribution >= 4 is 0 Å².